The summed E-state index contributed by atoms with van der Waals surface area (Å²) in [5.74, 6) is -1.27. The van der Waals surface area contributed by atoms with Crippen molar-refractivity contribution in [2.75, 3.05) is 0 Å². The van der Waals surface area contributed by atoms with Gasteiger partial charge in [-0.1, -0.05) is 37.8 Å². The summed E-state index contributed by atoms with van der Waals surface area (Å²) in [6.45, 7) is 0. The van der Waals surface area contributed by atoms with Gasteiger partial charge in [-0.05, 0) is 74.9 Å². The molecule has 0 saturated heterocycles. The van der Waals surface area contributed by atoms with Gasteiger partial charge in [0.1, 0.15) is 24.1 Å². The molecular formula is C34H32N2O7. The van der Waals surface area contributed by atoms with Crippen molar-refractivity contribution in [2.45, 2.75) is 76.3 Å². The van der Waals surface area contributed by atoms with Crippen LogP contribution in [0.3, 0.4) is 0 Å². The van der Waals surface area contributed by atoms with E-state index in [4.69, 9.17) is 4.74 Å². The molecule has 0 aromatic heterocycles. The molecule has 0 bridgehead atoms. The fourth-order valence-electron chi connectivity index (χ4n) is 6.58. The molecule has 2 aromatic carbocycles. The van der Waals surface area contributed by atoms with Gasteiger partial charge in [-0.2, -0.15) is 0 Å². The number of fused-ring (bicyclic) bond motifs is 2. The Kier molecular flexibility index (Phi) is 7.88. The molecule has 0 saturated carbocycles. The smallest absolute Gasteiger partial charge is 0.262 e. The number of hydrogen-bond acceptors (Lipinski definition) is 7. The normalized spacial score (nSPS) is 23.7. The van der Waals surface area contributed by atoms with E-state index in [9.17, 15) is 28.8 Å². The fourth-order valence-corrected chi connectivity index (χ4v) is 6.58. The number of carbonyl (C=O) groups excluding carboxylic acids is 6. The average molecular weight is 581 g/mol. The zero-order chi connectivity index (χ0) is 30.1. The Hall–Kier alpha value is -4.66. The second-order valence-corrected chi connectivity index (χ2v) is 11.4. The number of nitrogens with zero attached hydrogens (tertiary/aromatic N) is 2. The minimum atomic E-state index is -0.606. The first kappa shape index (κ1) is 28.5. The van der Waals surface area contributed by atoms with E-state index in [1.54, 1.807) is 12.1 Å². The predicted molar refractivity (Wildman–Crippen MR) is 156 cm³/mol. The summed E-state index contributed by atoms with van der Waals surface area (Å²) >= 11 is 0. The topological polar surface area (TPSA) is 118 Å². The van der Waals surface area contributed by atoms with E-state index < -0.39 is 35.7 Å². The number of amides is 4. The monoisotopic (exact) mass is 580 g/mol. The number of aldehydes is 2. The standard InChI is InChI=1S/C34H32N2O7/c37-19-21-9-5-1-3-7-11-29(21)35-31(39)25-15-13-23(17-27(25)33(35)41)43-24-14-16-26-28(18-24)34(42)36(32(26)40)30-12-8-4-2-6-10-22(30)20-38/h9-10,13-20,29-30H,1-8,11-12H2/b21-9-,22-10?. The number of imide groups is 2. The SMILES string of the molecule is O=CC1=CCCCCCC1N1C(=O)c2ccc(Oc3ccc4c(c3)C(=O)N(C3CCCCC/C=C\3C=O)C4=O)cc2C1=O. The van der Waals surface area contributed by atoms with Crippen LogP contribution in [0.15, 0.2) is 59.7 Å². The summed E-state index contributed by atoms with van der Waals surface area (Å²) < 4.78 is 6.02. The van der Waals surface area contributed by atoms with Crippen LogP contribution in [0.1, 0.15) is 106 Å². The number of allylic oxidation sites excluding steroid dienone is 2. The molecule has 2 atom stereocenters. The maximum absolute atomic E-state index is 13.5. The summed E-state index contributed by atoms with van der Waals surface area (Å²) in [5.41, 5.74) is 1.76. The zero-order valence-electron chi connectivity index (χ0n) is 23.8. The summed E-state index contributed by atoms with van der Waals surface area (Å²) in [4.78, 5) is 79.6. The first-order valence-corrected chi connectivity index (χ1v) is 14.9. The highest BCUT2D eigenvalue weighted by atomic mass is 16.5. The van der Waals surface area contributed by atoms with Crippen molar-refractivity contribution in [2.24, 2.45) is 0 Å². The molecule has 2 aromatic rings. The molecule has 2 aliphatic heterocycles. The Morgan fingerprint density at radius 3 is 1.40 bits per heavy atom. The zero-order valence-corrected chi connectivity index (χ0v) is 23.8. The van der Waals surface area contributed by atoms with Gasteiger partial charge in [-0.25, -0.2) is 0 Å². The van der Waals surface area contributed by atoms with Gasteiger partial charge in [-0.3, -0.25) is 38.6 Å². The minimum absolute atomic E-state index is 0.186. The summed E-state index contributed by atoms with van der Waals surface area (Å²) in [6, 6.07) is 7.98. The molecule has 4 aliphatic rings. The molecule has 43 heavy (non-hydrogen) atoms. The van der Waals surface area contributed by atoms with Crippen molar-refractivity contribution in [3.63, 3.8) is 0 Å². The molecule has 6 rings (SSSR count). The van der Waals surface area contributed by atoms with Crippen LogP contribution in [0.4, 0.5) is 0 Å². The Morgan fingerprint density at radius 1 is 0.558 bits per heavy atom. The summed E-state index contributed by atoms with van der Waals surface area (Å²) in [5, 5.41) is 0. The van der Waals surface area contributed by atoms with Crippen LogP contribution in [0.5, 0.6) is 11.5 Å². The van der Waals surface area contributed by atoms with E-state index in [-0.39, 0.29) is 33.8 Å². The number of benzene rings is 2. The molecule has 0 spiro atoms. The molecule has 2 unspecified atom stereocenters. The third-order valence-electron chi connectivity index (χ3n) is 8.80. The largest absolute Gasteiger partial charge is 0.457 e. The Labute approximate surface area is 249 Å². The van der Waals surface area contributed by atoms with E-state index in [1.165, 1.54) is 34.1 Å². The second kappa shape index (κ2) is 11.9. The lowest BCUT2D eigenvalue weighted by Gasteiger charge is -2.27. The molecule has 2 heterocycles. The molecule has 2 aliphatic carbocycles. The van der Waals surface area contributed by atoms with Crippen LogP contribution >= 0.6 is 0 Å². The van der Waals surface area contributed by atoms with E-state index >= 15 is 0 Å². The second-order valence-electron chi connectivity index (χ2n) is 11.4. The van der Waals surface area contributed by atoms with E-state index in [0.29, 0.717) is 24.0 Å². The highest BCUT2D eigenvalue weighted by Gasteiger charge is 2.43. The number of ether oxygens (including phenoxy) is 1. The fraction of sp³-hybridized carbons (Fsp3) is 0.353. The lowest BCUT2D eigenvalue weighted by atomic mass is 9.95. The van der Waals surface area contributed by atoms with Crippen LogP contribution < -0.4 is 4.74 Å². The maximum Gasteiger partial charge on any atom is 0.262 e. The van der Waals surface area contributed by atoms with Crippen LogP contribution in [0.25, 0.3) is 0 Å². The van der Waals surface area contributed by atoms with Gasteiger partial charge in [0, 0.05) is 11.1 Å². The van der Waals surface area contributed by atoms with Gasteiger partial charge in [0.2, 0.25) is 0 Å². The van der Waals surface area contributed by atoms with Crippen molar-refractivity contribution in [1.29, 1.82) is 0 Å². The maximum atomic E-state index is 13.5. The third-order valence-corrected chi connectivity index (χ3v) is 8.80. The molecule has 0 radical (unpaired) electrons. The van der Waals surface area contributed by atoms with E-state index in [0.717, 1.165) is 63.9 Å². The van der Waals surface area contributed by atoms with Crippen molar-refractivity contribution in [3.8, 4) is 11.5 Å². The summed E-state index contributed by atoms with van der Waals surface area (Å²) in [7, 11) is 0. The molecule has 4 amide bonds. The number of rotatable bonds is 6. The average Bonchev–Trinajstić information content (AvgIpc) is 3.37. The molecule has 0 N–H and O–H groups in total. The number of hydrogen-bond donors (Lipinski definition) is 0. The van der Waals surface area contributed by atoms with Crippen molar-refractivity contribution < 1.29 is 33.5 Å². The van der Waals surface area contributed by atoms with Gasteiger partial charge in [-0.15, -0.1) is 0 Å². The lowest BCUT2D eigenvalue weighted by molar-refractivity contribution is -0.106. The van der Waals surface area contributed by atoms with Crippen molar-refractivity contribution in [3.05, 3.63) is 82.0 Å². The molecular weight excluding hydrogens is 548 g/mol. The molecule has 220 valence electrons. The Balaban J connectivity index is 1.24. The first-order chi connectivity index (χ1) is 20.9. The van der Waals surface area contributed by atoms with Gasteiger partial charge in [0.05, 0.1) is 34.3 Å². The van der Waals surface area contributed by atoms with Gasteiger partial charge in [0.25, 0.3) is 23.6 Å². The Morgan fingerprint density at radius 2 is 0.977 bits per heavy atom. The van der Waals surface area contributed by atoms with Crippen LogP contribution in [0, 0.1) is 0 Å². The van der Waals surface area contributed by atoms with Crippen molar-refractivity contribution in [1.82, 2.24) is 9.80 Å². The van der Waals surface area contributed by atoms with Crippen LogP contribution in [-0.2, 0) is 9.59 Å². The molecule has 9 nitrogen and oxygen atoms in total. The summed E-state index contributed by atoms with van der Waals surface area (Å²) in [6.07, 6.45) is 13.1. The van der Waals surface area contributed by atoms with E-state index in [2.05, 4.69) is 0 Å². The van der Waals surface area contributed by atoms with Crippen LogP contribution in [-0.4, -0.2) is 58.1 Å². The lowest BCUT2D eigenvalue weighted by Crippen LogP contribution is -2.41. The number of carbonyl (C=O) groups is 6. The van der Waals surface area contributed by atoms with Gasteiger partial charge < -0.3 is 4.74 Å². The highest BCUT2D eigenvalue weighted by molar-refractivity contribution is 6.23. The molecule has 0 fully saturated rings. The quantitative estimate of drug-likeness (QED) is 0.323. The minimum Gasteiger partial charge on any atom is -0.457 e. The first-order valence-electron chi connectivity index (χ1n) is 14.9. The van der Waals surface area contributed by atoms with Gasteiger partial charge in [0.15, 0.2) is 0 Å². The Bertz CT molecular complexity index is 1490. The van der Waals surface area contributed by atoms with E-state index in [1.807, 2.05) is 12.2 Å². The van der Waals surface area contributed by atoms with Gasteiger partial charge >= 0.3 is 0 Å². The van der Waals surface area contributed by atoms with Crippen LogP contribution in [0.2, 0.25) is 0 Å². The third kappa shape index (κ3) is 5.13. The highest BCUT2D eigenvalue weighted by Crippen LogP contribution is 2.36. The predicted octanol–water partition coefficient (Wildman–Crippen LogP) is 5.59. The molecule has 9 heteroatoms. The van der Waals surface area contributed by atoms with Crippen molar-refractivity contribution >= 4 is 36.2 Å².